The van der Waals surface area contributed by atoms with E-state index in [0.717, 1.165) is 25.1 Å². The molecule has 2 rings (SSSR count). The second-order valence-corrected chi connectivity index (χ2v) is 5.23. The van der Waals surface area contributed by atoms with Gasteiger partial charge in [-0.25, -0.2) is 8.78 Å². The zero-order chi connectivity index (χ0) is 17.4. The first-order chi connectivity index (χ1) is 11.6. The van der Waals surface area contributed by atoms with Crippen molar-refractivity contribution in [3.05, 3.63) is 65.7 Å². The summed E-state index contributed by atoms with van der Waals surface area (Å²) in [6.45, 7) is 1.27. The third-order valence-electron chi connectivity index (χ3n) is 3.39. The molecular formula is C18H20F2N2O2. The van der Waals surface area contributed by atoms with Crippen LogP contribution >= 0.6 is 0 Å². The molecule has 0 aromatic heterocycles. The molecule has 2 N–H and O–H groups in total. The minimum atomic E-state index is -1.02. The molecule has 0 spiro atoms. The fourth-order valence-electron chi connectivity index (χ4n) is 2.16. The summed E-state index contributed by atoms with van der Waals surface area (Å²) in [4.78, 5) is 12.4. The molecule has 128 valence electrons. The molecule has 1 unspecified atom stereocenters. The van der Waals surface area contributed by atoms with Gasteiger partial charge in [0, 0.05) is 18.2 Å². The molecule has 0 saturated heterocycles. The molecule has 0 aliphatic carbocycles. The van der Waals surface area contributed by atoms with Crippen molar-refractivity contribution in [2.45, 2.75) is 12.5 Å². The van der Waals surface area contributed by atoms with Crippen LogP contribution in [0, 0.1) is 11.6 Å². The Labute approximate surface area is 139 Å². The summed E-state index contributed by atoms with van der Waals surface area (Å²) in [5.74, 6) is -2.22. The minimum Gasteiger partial charge on any atom is -0.476 e. The van der Waals surface area contributed by atoms with Crippen LogP contribution in [-0.4, -0.2) is 26.0 Å². The van der Waals surface area contributed by atoms with Crippen molar-refractivity contribution in [1.82, 2.24) is 10.6 Å². The highest BCUT2D eigenvalue weighted by Crippen LogP contribution is 2.24. The zero-order valence-corrected chi connectivity index (χ0v) is 13.4. The molecule has 1 amide bonds. The van der Waals surface area contributed by atoms with Crippen LogP contribution in [0.1, 0.15) is 18.1 Å². The fourth-order valence-corrected chi connectivity index (χ4v) is 2.16. The maximum Gasteiger partial charge on any atom is 0.265 e. The summed E-state index contributed by atoms with van der Waals surface area (Å²) in [5, 5.41) is 5.78. The Morgan fingerprint density at radius 2 is 1.83 bits per heavy atom. The second kappa shape index (κ2) is 8.98. The smallest absolute Gasteiger partial charge is 0.265 e. The van der Waals surface area contributed by atoms with Crippen LogP contribution in [0.15, 0.2) is 48.5 Å². The van der Waals surface area contributed by atoms with E-state index in [1.807, 2.05) is 13.1 Å². The topological polar surface area (TPSA) is 50.4 Å². The SMILES string of the molecule is CNCCCNC(=O)C(Oc1ccc(F)c(F)c1)c1ccccc1. The Bertz CT molecular complexity index is 665. The predicted molar refractivity (Wildman–Crippen MR) is 87.7 cm³/mol. The molecule has 0 heterocycles. The maximum atomic E-state index is 13.4. The first kappa shape index (κ1) is 17.9. The van der Waals surface area contributed by atoms with Gasteiger partial charge < -0.3 is 15.4 Å². The van der Waals surface area contributed by atoms with E-state index in [1.54, 1.807) is 24.3 Å². The third kappa shape index (κ3) is 5.03. The van der Waals surface area contributed by atoms with Crippen molar-refractivity contribution in [1.29, 1.82) is 0 Å². The van der Waals surface area contributed by atoms with Gasteiger partial charge in [0.25, 0.3) is 5.91 Å². The number of nitrogens with one attached hydrogen (secondary N) is 2. The van der Waals surface area contributed by atoms with Crippen LogP contribution in [-0.2, 0) is 4.79 Å². The summed E-state index contributed by atoms with van der Waals surface area (Å²) >= 11 is 0. The van der Waals surface area contributed by atoms with Crippen LogP contribution < -0.4 is 15.4 Å². The zero-order valence-electron chi connectivity index (χ0n) is 13.4. The van der Waals surface area contributed by atoms with Crippen LogP contribution in [0.5, 0.6) is 5.75 Å². The number of ether oxygens (including phenoxy) is 1. The van der Waals surface area contributed by atoms with Crippen molar-refractivity contribution in [2.75, 3.05) is 20.1 Å². The van der Waals surface area contributed by atoms with E-state index < -0.39 is 17.7 Å². The number of carbonyl (C=O) groups is 1. The maximum absolute atomic E-state index is 13.4. The van der Waals surface area contributed by atoms with Crippen LogP contribution in [0.2, 0.25) is 0 Å². The van der Waals surface area contributed by atoms with E-state index in [1.165, 1.54) is 6.07 Å². The van der Waals surface area contributed by atoms with Crippen LogP contribution in [0.4, 0.5) is 8.78 Å². The third-order valence-corrected chi connectivity index (χ3v) is 3.39. The van der Waals surface area contributed by atoms with Crippen molar-refractivity contribution >= 4 is 5.91 Å². The van der Waals surface area contributed by atoms with Gasteiger partial charge in [-0.3, -0.25) is 4.79 Å². The normalized spacial score (nSPS) is 11.8. The number of carbonyl (C=O) groups excluding carboxylic acids is 1. The summed E-state index contributed by atoms with van der Waals surface area (Å²) < 4.78 is 32.0. The van der Waals surface area contributed by atoms with Gasteiger partial charge in [-0.2, -0.15) is 0 Å². The van der Waals surface area contributed by atoms with Gasteiger partial charge in [0.1, 0.15) is 5.75 Å². The van der Waals surface area contributed by atoms with Gasteiger partial charge in [-0.15, -0.1) is 0 Å². The van der Waals surface area contributed by atoms with E-state index >= 15 is 0 Å². The summed E-state index contributed by atoms with van der Waals surface area (Å²) in [7, 11) is 1.83. The molecule has 2 aromatic carbocycles. The first-order valence-corrected chi connectivity index (χ1v) is 7.71. The van der Waals surface area contributed by atoms with Crippen LogP contribution in [0.3, 0.4) is 0 Å². The lowest BCUT2D eigenvalue weighted by Gasteiger charge is -2.19. The van der Waals surface area contributed by atoms with Crippen molar-refractivity contribution < 1.29 is 18.3 Å². The number of amides is 1. The van der Waals surface area contributed by atoms with Gasteiger partial charge in [0.2, 0.25) is 6.10 Å². The van der Waals surface area contributed by atoms with E-state index in [2.05, 4.69) is 10.6 Å². The molecule has 0 saturated carbocycles. The van der Waals surface area contributed by atoms with E-state index in [-0.39, 0.29) is 11.7 Å². The van der Waals surface area contributed by atoms with E-state index in [9.17, 15) is 13.6 Å². The molecule has 0 aliphatic rings. The second-order valence-electron chi connectivity index (χ2n) is 5.23. The number of halogens is 2. The van der Waals surface area contributed by atoms with Gasteiger partial charge in [0.15, 0.2) is 11.6 Å². The Balaban J connectivity index is 2.13. The molecule has 2 aromatic rings. The lowest BCUT2D eigenvalue weighted by Crippen LogP contribution is -2.34. The largest absolute Gasteiger partial charge is 0.476 e. The van der Waals surface area contributed by atoms with Gasteiger partial charge in [-0.05, 0) is 32.1 Å². The summed E-state index contributed by atoms with van der Waals surface area (Å²) in [6, 6.07) is 12.1. The van der Waals surface area contributed by atoms with E-state index in [4.69, 9.17) is 4.74 Å². The number of benzene rings is 2. The number of rotatable bonds is 8. The molecule has 1 atom stereocenters. The van der Waals surface area contributed by atoms with Crippen molar-refractivity contribution in [2.24, 2.45) is 0 Å². The standard InChI is InChI=1S/C18H20F2N2O2/c1-21-10-5-11-22-18(23)17(13-6-3-2-4-7-13)24-14-8-9-15(19)16(20)12-14/h2-4,6-9,12,17,21H,5,10-11H2,1H3,(H,22,23). The Morgan fingerprint density at radius 1 is 1.08 bits per heavy atom. The number of hydrogen-bond donors (Lipinski definition) is 2. The number of hydrogen-bond acceptors (Lipinski definition) is 3. The lowest BCUT2D eigenvalue weighted by molar-refractivity contribution is -0.128. The highest BCUT2D eigenvalue weighted by Gasteiger charge is 2.22. The molecule has 6 heteroatoms. The molecular weight excluding hydrogens is 314 g/mol. The molecule has 0 aliphatic heterocycles. The first-order valence-electron chi connectivity index (χ1n) is 7.71. The highest BCUT2D eigenvalue weighted by molar-refractivity contribution is 5.82. The minimum absolute atomic E-state index is 0.0909. The Morgan fingerprint density at radius 3 is 2.50 bits per heavy atom. The monoisotopic (exact) mass is 334 g/mol. The average molecular weight is 334 g/mol. The van der Waals surface area contributed by atoms with Gasteiger partial charge >= 0.3 is 0 Å². The Kier molecular flexibility index (Phi) is 6.69. The predicted octanol–water partition coefficient (Wildman–Crippen LogP) is 2.81. The van der Waals surface area contributed by atoms with Gasteiger partial charge in [-0.1, -0.05) is 30.3 Å². The molecule has 24 heavy (non-hydrogen) atoms. The summed E-state index contributed by atoms with van der Waals surface area (Å²) in [6.07, 6.45) is -0.166. The fraction of sp³-hybridized carbons (Fsp3) is 0.278. The van der Waals surface area contributed by atoms with Crippen LogP contribution in [0.25, 0.3) is 0 Å². The van der Waals surface area contributed by atoms with Crippen molar-refractivity contribution in [3.63, 3.8) is 0 Å². The molecule has 0 fully saturated rings. The molecule has 4 nitrogen and oxygen atoms in total. The summed E-state index contributed by atoms with van der Waals surface area (Å²) in [5.41, 5.74) is 0.633. The van der Waals surface area contributed by atoms with E-state index in [0.29, 0.717) is 12.1 Å². The average Bonchev–Trinajstić information content (AvgIpc) is 2.60. The molecule has 0 bridgehead atoms. The Hall–Kier alpha value is -2.47. The van der Waals surface area contributed by atoms with Crippen molar-refractivity contribution in [3.8, 4) is 5.75 Å². The quantitative estimate of drug-likeness (QED) is 0.730. The molecule has 0 radical (unpaired) electrons. The highest BCUT2D eigenvalue weighted by atomic mass is 19.2. The van der Waals surface area contributed by atoms with Gasteiger partial charge in [0.05, 0.1) is 0 Å². The lowest BCUT2D eigenvalue weighted by atomic mass is 10.1.